The highest BCUT2D eigenvalue weighted by Crippen LogP contribution is 2.47. The number of fused-ring (bicyclic) bond motifs is 9. The van der Waals surface area contributed by atoms with Gasteiger partial charge in [-0.1, -0.05) is 182 Å². The van der Waals surface area contributed by atoms with Crippen LogP contribution in [-0.2, 0) is 0 Å². The minimum Gasteiger partial charge on any atom is -0.311 e. The molecule has 12 aromatic carbocycles. The normalized spacial score (nSPS) is 11.5. The molecule has 0 saturated carbocycles. The Bertz CT molecular complexity index is 4220. The van der Waals surface area contributed by atoms with Gasteiger partial charge in [0.25, 0.3) is 0 Å². The molecule has 4 nitrogen and oxygen atoms in total. The van der Waals surface area contributed by atoms with Gasteiger partial charge in [-0.3, -0.25) is 0 Å². The number of para-hydroxylation sites is 6. The van der Waals surface area contributed by atoms with Crippen molar-refractivity contribution in [2.45, 2.75) is 0 Å². The zero-order chi connectivity index (χ0) is 49.0. The van der Waals surface area contributed by atoms with Crippen LogP contribution in [0.5, 0.6) is 0 Å². The summed E-state index contributed by atoms with van der Waals surface area (Å²) in [7, 11) is 0. The molecule has 348 valence electrons. The second-order valence-corrected chi connectivity index (χ2v) is 18.9. The summed E-state index contributed by atoms with van der Waals surface area (Å²) >= 11 is 0. The van der Waals surface area contributed by atoms with E-state index in [0.717, 1.165) is 73.2 Å². The Morgan fingerprint density at radius 2 is 0.595 bits per heavy atom. The number of anilines is 6. The first-order chi connectivity index (χ1) is 36.7. The number of benzene rings is 12. The number of nitrogens with zero attached hydrogens (tertiary/aromatic N) is 4. The highest BCUT2D eigenvalue weighted by Gasteiger charge is 2.24. The maximum absolute atomic E-state index is 2.52. The maximum atomic E-state index is 2.52. The summed E-state index contributed by atoms with van der Waals surface area (Å²) < 4.78 is 5.02. The predicted octanol–water partition coefficient (Wildman–Crippen LogP) is 19.3. The first kappa shape index (κ1) is 42.9. The standard InChI is InChI=1S/C70H48N4/c1-7-21-52(22-8-1)71(53-23-9-2-10-24-53)58-40-35-49(36-41-58)51-39-44-61-63-45-46-64-68-62-34-20-19-33-60(62)65(50-37-42-59(43-38-50)72(54-25-11-3-12-26-54)55-27-13-4-14-28-55)48-67(68)74(57-31-17-6-18-32-57)70(64)69(63)73(66(61)47-51)56-29-15-5-16-30-56/h1-48H. The second kappa shape index (κ2) is 18.1. The van der Waals surface area contributed by atoms with E-state index in [9.17, 15) is 0 Å². The van der Waals surface area contributed by atoms with Gasteiger partial charge in [0.2, 0.25) is 0 Å². The zero-order valence-corrected chi connectivity index (χ0v) is 40.5. The molecule has 14 rings (SSSR count). The lowest BCUT2D eigenvalue weighted by molar-refractivity contribution is 1.15. The van der Waals surface area contributed by atoms with E-state index < -0.39 is 0 Å². The molecular formula is C70H48N4. The SMILES string of the molecule is c1ccc(N(c2ccccc2)c2ccc(-c3ccc4c5ccc6c7c8ccccc8c(-c8ccc(N(c9ccccc9)c9ccccc9)cc8)cc7n(-c7ccccc7)c6c5n(-c5ccccc5)c4c3)cc2)cc1. The summed E-state index contributed by atoms with van der Waals surface area (Å²) in [5.74, 6) is 0. The molecule has 0 fully saturated rings. The van der Waals surface area contributed by atoms with Gasteiger partial charge in [-0.05, 0) is 142 Å². The van der Waals surface area contributed by atoms with Gasteiger partial charge in [-0.25, -0.2) is 0 Å². The highest BCUT2D eigenvalue weighted by molar-refractivity contribution is 6.30. The molecule has 0 aliphatic carbocycles. The molecule has 0 bridgehead atoms. The fraction of sp³-hybridized carbons (Fsp3) is 0. The van der Waals surface area contributed by atoms with Crippen molar-refractivity contribution in [3.05, 3.63) is 291 Å². The Morgan fingerprint density at radius 3 is 1.09 bits per heavy atom. The van der Waals surface area contributed by atoms with Crippen molar-refractivity contribution in [2.75, 3.05) is 9.80 Å². The van der Waals surface area contributed by atoms with Crippen molar-refractivity contribution in [2.24, 2.45) is 0 Å². The van der Waals surface area contributed by atoms with E-state index in [4.69, 9.17) is 0 Å². The molecule has 0 radical (unpaired) electrons. The summed E-state index contributed by atoms with van der Waals surface area (Å²) in [6.45, 7) is 0. The monoisotopic (exact) mass is 944 g/mol. The fourth-order valence-electron chi connectivity index (χ4n) is 11.4. The first-order valence-electron chi connectivity index (χ1n) is 25.3. The van der Waals surface area contributed by atoms with Gasteiger partial charge in [-0.2, -0.15) is 0 Å². The average Bonchev–Trinajstić information content (AvgIpc) is 4.01. The molecule has 2 aromatic heterocycles. The van der Waals surface area contributed by atoms with Crippen molar-refractivity contribution in [3.63, 3.8) is 0 Å². The molecule has 0 saturated heterocycles. The topological polar surface area (TPSA) is 16.3 Å². The Kier molecular flexibility index (Phi) is 10.5. The minimum absolute atomic E-state index is 1.10. The highest BCUT2D eigenvalue weighted by atomic mass is 15.1. The van der Waals surface area contributed by atoms with Gasteiger partial charge in [0.1, 0.15) is 0 Å². The number of rotatable bonds is 10. The Morgan fingerprint density at radius 1 is 0.230 bits per heavy atom. The van der Waals surface area contributed by atoms with Gasteiger partial charge in [0, 0.05) is 67.0 Å². The summed E-state index contributed by atoms with van der Waals surface area (Å²) in [5, 5.41) is 7.32. The lowest BCUT2D eigenvalue weighted by atomic mass is 9.94. The first-order valence-corrected chi connectivity index (χ1v) is 25.3. The average molecular weight is 945 g/mol. The Hall–Kier alpha value is -9.90. The van der Waals surface area contributed by atoms with E-state index >= 15 is 0 Å². The van der Waals surface area contributed by atoms with E-state index in [1.165, 1.54) is 48.9 Å². The van der Waals surface area contributed by atoms with E-state index in [0.29, 0.717) is 0 Å². The molecule has 0 N–H and O–H groups in total. The van der Waals surface area contributed by atoms with Gasteiger partial charge < -0.3 is 18.9 Å². The van der Waals surface area contributed by atoms with Crippen LogP contribution < -0.4 is 9.80 Å². The molecule has 4 heteroatoms. The van der Waals surface area contributed by atoms with Crippen molar-refractivity contribution >= 4 is 88.5 Å². The van der Waals surface area contributed by atoms with Crippen molar-refractivity contribution in [1.29, 1.82) is 0 Å². The maximum Gasteiger partial charge on any atom is 0.0789 e. The van der Waals surface area contributed by atoms with Gasteiger partial charge in [0.15, 0.2) is 0 Å². The molecule has 74 heavy (non-hydrogen) atoms. The molecule has 0 spiro atoms. The number of hydrogen-bond acceptors (Lipinski definition) is 2. The number of aromatic nitrogens is 2. The summed E-state index contributed by atoms with van der Waals surface area (Å²) in [5.41, 5.74) is 18.2. The molecular weight excluding hydrogens is 897 g/mol. The minimum atomic E-state index is 1.10. The van der Waals surface area contributed by atoms with Crippen LogP contribution in [0.3, 0.4) is 0 Å². The Balaban J connectivity index is 0.978. The van der Waals surface area contributed by atoms with Crippen molar-refractivity contribution in [3.8, 4) is 33.6 Å². The van der Waals surface area contributed by atoms with E-state index in [2.05, 4.69) is 310 Å². The summed E-state index contributed by atoms with van der Waals surface area (Å²) in [6.07, 6.45) is 0. The van der Waals surface area contributed by atoms with Gasteiger partial charge in [-0.15, -0.1) is 0 Å². The van der Waals surface area contributed by atoms with Crippen LogP contribution in [0, 0.1) is 0 Å². The van der Waals surface area contributed by atoms with Crippen LogP contribution in [0.4, 0.5) is 34.1 Å². The second-order valence-electron chi connectivity index (χ2n) is 18.9. The Labute approximate surface area is 430 Å². The van der Waals surface area contributed by atoms with Crippen LogP contribution in [0.15, 0.2) is 291 Å². The molecule has 2 heterocycles. The molecule has 0 aliphatic heterocycles. The van der Waals surface area contributed by atoms with E-state index in [-0.39, 0.29) is 0 Å². The third-order valence-electron chi connectivity index (χ3n) is 14.6. The summed E-state index contributed by atoms with van der Waals surface area (Å²) in [6, 6.07) is 105. The van der Waals surface area contributed by atoms with Gasteiger partial charge >= 0.3 is 0 Å². The lowest BCUT2D eigenvalue weighted by Crippen LogP contribution is -2.09. The third-order valence-corrected chi connectivity index (χ3v) is 14.6. The van der Waals surface area contributed by atoms with Crippen LogP contribution in [-0.4, -0.2) is 9.13 Å². The number of hydrogen-bond donors (Lipinski definition) is 0. The molecule has 0 unspecified atom stereocenters. The van der Waals surface area contributed by atoms with Crippen LogP contribution >= 0.6 is 0 Å². The van der Waals surface area contributed by atoms with Crippen LogP contribution in [0.25, 0.3) is 88.0 Å². The lowest BCUT2D eigenvalue weighted by Gasteiger charge is -2.25. The quantitative estimate of drug-likeness (QED) is 0.136. The van der Waals surface area contributed by atoms with Crippen molar-refractivity contribution < 1.29 is 0 Å². The molecule has 0 amide bonds. The van der Waals surface area contributed by atoms with E-state index in [1.54, 1.807) is 0 Å². The molecule has 0 atom stereocenters. The smallest absolute Gasteiger partial charge is 0.0789 e. The fourth-order valence-corrected chi connectivity index (χ4v) is 11.4. The molecule has 0 aliphatic rings. The zero-order valence-electron chi connectivity index (χ0n) is 40.5. The van der Waals surface area contributed by atoms with Crippen LogP contribution in [0.2, 0.25) is 0 Å². The van der Waals surface area contributed by atoms with Crippen LogP contribution in [0.1, 0.15) is 0 Å². The molecule has 14 aromatic rings. The summed E-state index contributed by atoms with van der Waals surface area (Å²) in [4.78, 5) is 4.63. The van der Waals surface area contributed by atoms with Crippen molar-refractivity contribution in [1.82, 2.24) is 9.13 Å². The van der Waals surface area contributed by atoms with E-state index in [1.807, 2.05) is 0 Å². The largest absolute Gasteiger partial charge is 0.311 e. The van der Waals surface area contributed by atoms with Gasteiger partial charge in [0.05, 0.1) is 22.1 Å². The third kappa shape index (κ3) is 7.23. The predicted molar refractivity (Wildman–Crippen MR) is 313 cm³/mol.